The minimum absolute atomic E-state index is 0.0694. The number of ether oxygens (including phenoxy) is 1. The number of nitrogens with zero attached hydrogens (tertiary/aromatic N) is 1. The summed E-state index contributed by atoms with van der Waals surface area (Å²) < 4.78 is 7.02. The van der Waals surface area contributed by atoms with E-state index in [0.717, 1.165) is 32.2 Å². The zero-order valence-electron chi connectivity index (χ0n) is 18.1. The second-order valence-corrected chi connectivity index (χ2v) is 9.55. The highest BCUT2D eigenvalue weighted by molar-refractivity contribution is 5.43. The Morgan fingerprint density at radius 3 is 1.84 bits per heavy atom. The number of hydrogen-bond donors (Lipinski definition) is 0. The van der Waals surface area contributed by atoms with Crippen molar-refractivity contribution in [1.82, 2.24) is 4.90 Å². The van der Waals surface area contributed by atoms with E-state index in [1.54, 1.807) is 0 Å². The number of hydrogen-bond acceptors (Lipinski definition) is 2. The smallest absolute Gasteiger partial charge is 0.108 e. The lowest BCUT2D eigenvalue weighted by molar-refractivity contribution is -0.0502. The minimum atomic E-state index is 0.0694. The standard InChI is InChI=1S/C29H31NO/c1-2-8-21(9-3-1)20-30-24-16-17-25(30)19-26(18-24)31-29-27-12-6-4-10-22(27)14-15-23-11-5-7-13-28(23)29/h1-13,24-26,29H,14-20H2. The summed E-state index contributed by atoms with van der Waals surface area (Å²) in [5.74, 6) is 0. The van der Waals surface area contributed by atoms with Gasteiger partial charge in [0, 0.05) is 18.6 Å². The Morgan fingerprint density at radius 1 is 0.677 bits per heavy atom. The zero-order valence-corrected chi connectivity index (χ0v) is 18.1. The third kappa shape index (κ3) is 3.73. The Kier molecular flexibility index (Phi) is 5.13. The maximum Gasteiger partial charge on any atom is 0.108 e. The summed E-state index contributed by atoms with van der Waals surface area (Å²) in [4.78, 5) is 2.75. The van der Waals surface area contributed by atoms with Crippen LogP contribution in [0.3, 0.4) is 0 Å². The molecule has 31 heavy (non-hydrogen) atoms. The van der Waals surface area contributed by atoms with E-state index in [1.807, 2.05) is 0 Å². The molecule has 2 heteroatoms. The molecule has 2 fully saturated rings. The largest absolute Gasteiger partial charge is 0.365 e. The lowest BCUT2D eigenvalue weighted by atomic mass is 9.94. The van der Waals surface area contributed by atoms with Gasteiger partial charge in [-0.3, -0.25) is 4.90 Å². The Bertz CT molecular complexity index is 984. The molecule has 6 rings (SSSR count). The molecule has 2 atom stereocenters. The van der Waals surface area contributed by atoms with Gasteiger partial charge in [0.15, 0.2) is 0 Å². The molecule has 3 aromatic carbocycles. The molecule has 0 aromatic heterocycles. The second-order valence-electron chi connectivity index (χ2n) is 9.55. The summed E-state index contributed by atoms with van der Waals surface area (Å²) in [5, 5.41) is 0. The van der Waals surface area contributed by atoms with Crippen LogP contribution in [0.25, 0.3) is 0 Å². The van der Waals surface area contributed by atoms with Crippen molar-refractivity contribution < 1.29 is 4.74 Å². The van der Waals surface area contributed by atoms with Crippen molar-refractivity contribution in [1.29, 1.82) is 0 Å². The fraction of sp³-hybridized carbons (Fsp3) is 0.379. The number of fused-ring (bicyclic) bond motifs is 4. The molecule has 0 N–H and O–H groups in total. The first-order valence-electron chi connectivity index (χ1n) is 12.0. The Labute approximate surface area is 185 Å². The molecule has 2 heterocycles. The molecule has 3 aliphatic rings. The molecule has 0 saturated carbocycles. The van der Waals surface area contributed by atoms with Gasteiger partial charge in [-0.2, -0.15) is 0 Å². The molecule has 2 saturated heterocycles. The number of benzene rings is 3. The number of aryl methyl sites for hydroxylation is 2. The highest BCUT2D eigenvalue weighted by atomic mass is 16.5. The highest BCUT2D eigenvalue weighted by Gasteiger charge is 2.42. The average molecular weight is 410 g/mol. The van der Waals surface area contributed by atoms with E-state index in [2.05, 4.69) is 83.8 Å². The first-order valence-corrected chi connectivity index (χ1v) is 12.0. The maximum atomic E-state index is 7.02. The zero-order chi connectivity index (χ0) is 20.6. The molecular formula is C29H31NO. The summed E-state index contributed by atoms with van der Waals surface area (Å²) in [6.45, 7) is 1.08. The van der Waals surface area contributed by atoms with Gasteiger partial charge in [0.05, 0.1) is 6.10 Å². The summed E-state index contributed by atoms with van der Waals surface area (Å²) in [6, 6.07) is 30.1. The molecule has 0 amide bonds. The highest BCUT2D eigenvalue weighted by Crippen LogP contribution is 2.42. The first kappa shape index (κ1) is 19.3. The van der Waals surface area contributed by atoms with Crippen LogP contribution in [0.5, 0.6) is 0 Å². The molecular weight excluding hydrogens is 378 g/mol. The Hall–Kier alpha value is -2.42. The summed E-state index contributed by atoms with van der Waals surface area (Å²) in [7, 11) is 0. The topological polar surface area (TPSA) is 12.5 Å². The van der Waals surface area contributed by atoms with Crippen LogP contribution in [-0.2, 0) is 24.1 Å². The van der Waals surface area contributed by atoms with Crippen molar-refractivity contribution in [3.63, 3.8) is 0 Å². The van der Waals surface area contributed by atoms with Gasteiger partial charge in [-0.05, 0) is 66.3 Å². The van der Waals surface area contributed by atoms with Crippen molar-refractivity contribution in [3.05, 3.63) is 107 Å². The lowest BCUT2D eigenvalue weighted by Gasteiger charge is -2.40. The summed E-state index contributed by atoms with van der Waals surface area (Å²) in [5.41, 5.74) is 7.10. The third-order valence-electron chi connectivity index (χ3n) is 7.72. The van der Waals surface area contributed by atoms with Crippen molar-refractivity contribution in [2.24, 2.45) is 0 Å². The molecule has 1 aliphatic carbocycles. The van der Waals surface area contributed by atoms with Crippen LogP contribution in [0, 0.1) is 0 Å². The fourth-order valence-corrected chi connectivity index (χ4v) is 6.20. The van der Waals surface area contributed by atoms with Crippen molar-refractivity contribution in [2.75, 3.05) is 0 Å². The Balaban J connectivity index is 1.24. The quantitative estimate of drug-likeness (QED) is 0.517. The van der Waals surface area contributed by atoms with E-state index >= 15 is 0 Å². The average Bonchev–Trinajstić information content (AvgIpc) is 2.98. The van der Waals surface area contributed by atoms with Gasteiger partial charge >= 0.3 is 0 Å². The van der Waals surface area contributed by atoms with Gasteiger partial charge in [0.1, 0.15) is 6.10 Å². The molecule has 2 aliphatic heterocycles. The molecule has 2 unspecified atom stereocenters. The molecule has 3 aromatic rings. The van der Waals surface area contributed by atoms with Gasteiger partial charge < -0.3 is 4.74 Å². The van der Waals surface area contributed by atoms with Crippen molar-refractivity contribution >= 4 is 0 Å². The Morgan fingerprint density at radius 2 is 1.23 bits per heavy atom. The van der Waals surface area contributed by atoms with E-state index < -0.39 is 0 Å². The van der Waals surface area contributed by atoms with Crippen LogP contribution >= 0.6 is 0 Å². The van der Waals surface area contributed by atoms with E-state index in [0.29, 0.717) is 18.2 Å². The number of rotatable bonds is 4. The number of piperidine rings is 1. The maximum absolute atomic E-state index is 7.02. The second kappa shape index (κ2) is 8.26. The van der Waals surface area contributed by atoms with Crippen LogP contribution in [-0.4, -0.2) is 23.1 Å². The lowest BCUT2D eigenvalue weighted by Crippen LogP contribution is -2.45. The van der Waals surface area contributed by atoms with Gasteiger partial charge in [-0.1, -0.05) is 78.9 Å². The fourth-order valence-electron chi connectivity index (χ4n) is 6.20. The SMILES string of the molecule is c1ccc(CN2C3CCC2CC(OC2c4ccccc4CCc4ccccc42)C3)cc1. The minimum Gasteiger partial charge on any atom is -0.365 e. The van der Waals surface area contributed by atoms with Crippen molar-refractivity contribution in [2.45, 2.75) is 69.4 Å². The van der Waals surface area contributed by atoms with Crippen molar-refractivity contribution in [3.8, 4) is 0 Å². The monoisotopic (exact) mass is 409 g/mol. The molecule has 0 spiro atoms. The van der Waals surface area contributed by atoms with Crippen LogP contribution in [0.1, 0.15) is 59.6 Å². The van der Waals surface area contributed by atoms with Crippen LogP contribution in [0.4, 0.5) is 0 Å². The molecule has 2 nitrogen and oxygen atoms in total. The summed E-state index contributed by atoms with van der Waals surface area (Å²) in [6.07, 6.45) is 7.56. The normalized spacial score (nSPS) is 25.6. The predicted molar refractivity (Wildman–Crippen MR) is 125 cm³/mol. The van der Waals surface area contributed by atoms with E-state index in [4.69, 9.17) is 4.74 Å². The van der Waals surface area contributed by atoms with E-state index in [-0.39, 0.29) is 6.10 Å². The van der Waals surface area contributed by atoms with Crippen LogP contribution in [0.15, 0.2) is 78.9 Å². The van der Waals surface area contributed by atoms with Gasteiger partial charge in [-0.25, -0.2) is 0 Å². The van der Waals surface area contributed by atoms with E-state index in [1.165, 1.54) is 40.7 Å². The third-order valence-corrected chi connectivity index (χ3v) is 7.72. The van der Waals surface area contributed by atoms with Gasteiger partial charge in [-0.15, -0.1) is 0 Å². The van der Waals surface area contributed by atoms with Crippen LogP contribution < -0.4 is 0 Å². The molecule has 2 bridgehead atoms. The van der Waals surface area contributed by atoms with Crippen LogP contribution in [0.2, 0.25) is 0 Å². The molecule has 158 valence electrons. The first-order chi connectivity index (χ1) is 15.3. The molecule has 0 radical (unpaired) electrons. The van der Waals surface area contributed by atoms with Gasteiger partial charge in [0.25, 0.3) is 0 Å². The summed E-state index contributed by atoms with van der Waals surface area (Å²) >= 11 is 0. The van der Waals surface area contributed by atoms with E-state index in [9.17, 15) is 0 Å². The predicted octanol–water partition coefficient (Wildman–Crippen LogP) is 6.09. The van der Waals surface area contributed by atoms with Gasteiger partial charge in [0.2, 0.25) is 0 Å².